The van der Waals surface area contributed by atoms with Gasteiger partial charge in [0.25, 0.3) is 0 Å². The average Bonchev–Trinajstić information content (AvgIpc) is 2.04. The number of hydrogen-bond donors (Lipinski definition) is 1. The van der Waals surface area contributed by atoms with Crippen molar-refractivity contribution in [1.29, 1.82) is 0 Å². The molecule has 0 unspecified atom stereocenters. The molecule has 1 aromatic carbocycles. The predicted octanol–water partition coefficient (Wildman–Crippen LogP) is 1.40. The molecule has 1 aromatic rings. The Morgan fingerprint density at radius 3 is 2.38 bits per heavy atom. The summed E-state index contributed by atoms with van der Waals surface area (Å²) in [6, 6.07) is 5.64. The molecule has 0 spiro atoms. The standard InChI is InChI=1S/C9H10F3N/c1-13-6-7-4-2-3-5-8(7)9(10,11)12/h2-5,13H,6H2,1H3/p+1. The van der Waals surface area contributed by atoms with Crippen molar-refractivity contribution in [2.24, 2.45) is 0 Å². The van der Waals surface area contributed by atoms with Gasteiger partial charge in [0.2, 0.25) is 0 Å². The van der Waals surface area contributed by atoms with Crippen LogP contribution in [0.1, 0.15) is 11.1 Å². The van der Waals surface area contributed by atoms with Gasteiger partial charge in [0.05, 0.1) is 12.6 Å². The largest absolute Gasteiger partial charge is 0.416 e. The highest BCUT2D eigenvalue weighted by Gasteiger charge is 2.32. The van der Waals surface area contributed by atoms with Gasteiger partial charge in [-0.15, -0.1) is 0 Å². The number of quaternary nitrogens is 1. The zero-order valence-corrected chi connectivity index (χ0v) is 7.23. The van der Waals surface area contributed by atoms with Crippen molar-refractivity contribution in [2.75, 3.05) is 7.05 Å². The van der Waals surface area contributed by atoms with E-state index in [0.29, 0.717) is 12.1 Å². The number of alkyl halides is 3. The van der Waals surface area contributed by atoms with E-state index >= 15 is 0 Å². The molecule has 0 saturated carbocycles. The smallest absolute Gasteiger partial charge is 0.345 e. The Bertz CT molecular complexity index is 280. The van der Waals surface area contributed by atoms with Gasteiger partial charge in [-0.25, -0.2) is 0 Å². The van der Waals surface area contributed by atoms with Crippen molar-refractivity contribution in [2.45, 2.75) is 12.7 Å². The summed E-state index contributed by atoms with van der Waals surface area (Å²) in [6.45, 7) is 0.357. The van der Waals surface area contributed by atoms with E-state index in [-0.39, 0.29) is 0 Å². The summed E-state index contributed by atoms with van der Waals surface area (Å²) < 4.78 is 37.1. The first kappa shape index (κ1) is 10.1. The fraction of sp³-hybridized carbons (Fsp3) is 0.333. The van der Waals surface area contributed by atoms with Gasteiger partial charge in [-0.1, -0.05) is 18.2 Å². The highest BCUT2D eigenvalue weighted by Crippen LogP contribution is 2.31. The molecule has 1 rings (SSSR count). The first-order chi connectivity index (χ1) is 6.05. The number of benzene rings is 1. The second-order valence-electron chi connectivity index (χ2n) is 2.77. The second kappa shape index (κ2) is 3.79. The van der Waals surface area contributed by atoms with Crippen molar-refractivity contribution < 1.29 is 18.5 Å². The fourth-order valence-corrected chi connectivity index (χ4v) is 1.19. The topological polar surface area (TPSA) is 16.6 Å². The summed E-state index contributed by atoms with van der Waals surface area (Å²) in [5.74, 6) is 0. The molecule has 72 valence electrons. The van der Waals surface area contributed by atoms with Crippen LogP contribution < -0.4 is 5.32 Å². The lowest BCUT2D eigenvalue weighted by atomic mass is 10.1. The molecule has 0 aliphatic heterocycles. The molecule has 0 aliphatic carbocycles. The molecule has 2 N–H and O–H groups in total. The zero-order chi connectivity index (χ0) is 9.90. The number of halogens is 3. The van der Waals surface area contributed by atoms with Crippen molar-refractivity contribution in [3.8, 4) is 0 Å². The summed E-state index contributed by atoms with van der Waals surface area (Å²) in [7, 11) is 1.74. The van der Waals surface area contributed by atoms with Crippen LogP contribution in [0.2, 0.25) is 0 Å². The highest BCUT2D eigenvalue weighted by atomic mass is 19.4. The molecule has 0 amide bonds. The maximum Gasteiger partial charge on any atom is 0.416 e. The molecule has 0 aromatic heterocycles. The minimum atomic E-state index is -4.24. The van der Waals surface area contributed by atoms with Crippen LogP contribution in [0.5, 0.6) is 0 Å². The summed E-state index contributed by atoms with van der Waals surface area (Å²) in [5.41, 5.74) is -0.203. The molecule has 0 saturated heterocycles. The SMILES string of the molecule is C[NH2+]Cc1ccccc1C(F)(F)F. The predicted molar refractivity (Wildman–Crippen MR) is 43.0 cm³/mol. The van der Waals surface area contributed by atoms with Gasteiger partial charge in [-0.3, -0.25) is 0 Å². The van der Waals surface area contributed by atoms with Crippen LogP contribution in [0.15, 0.2) is 24.3 Å². The molecule has 0 fully saturated rings. The van der Waals surface area contributed by atoms with E-state index in [1.807, 2.05) is 0 Å². The van der Waals surface area contributed by atoms with Crippen molar-refractivity contribution in [3.63, 3.8) is 0 Å². The van der Waals surface area contributed by atoms with E-state index in [0.717, 1.165) is 6.07 Å². The van der Waals surface area contributed by atoms with Crippen LogP contribution in [0.3, 0.4) is 0 Å². The number of hydrogen-bond acceptors (Lipinski definition) is 0. The van der Waals surface area contributed by atoms with Crippen LogP contribution in [0.25, 0.3) is 0 Å². The van der Waals surface area contributed by atoms with Crippen molar-refractivity contribution >= 4 is 0 Å². The number of rotatable bonds is 2. The Hall–Kier alpha value is -1.03. The maximum absolute atomic E-state index is 12.4. The quantitative estimate of drug-likeness (QED) is 0.726. The first-order valence-electron chi connectivity index (χ1n) is 3.98. The first-order valence-corrected chi connectivity index (χ1v) is 3.98. The molecule has 13 heavy (non-hydrogen) atoms. The van der Waals surface area contributed by atoms with E-state index in [4.69, 9.17) is 0 Å². The summed E-state index contributed by atoms with van der Waals surface area (Å²) in [6.07, 6.45) is -4.24. The molecule has 4 heteroatoms. The molecule has 1 nitrogen and oxygen atoms in total. The zero-order valence-electron chi connectivity index (χ0n) is 7.23. The van der Waals surface area contributed by atoms with E-state index in [1.165, 1.54) is 12.1 Å². The average molecular weight is 190 g/mol. The summed E-state index contributed by atoms with van der Waals surface area (Å²) >= 11 is 0. The van der Waals surface area contributed by atoms with Gasteiger partial charge < -0.3 is 5.32 Å². The van der Waals surface area contributed by atoms with Crippen LogP contribution in [0, 0.1) is 0 Å². The van der Waals surface area contributed by atoms with Gasteiger partial charge in [0.15, 0.2) is 0 Å². The van der Waals surface area contributed by atoms with Crippen LogP contribution in [0.4, 0.5) is 13.2 Å². The second-order valence-corrected chi connectivity index (χ2v) is 2.77. The van der Waals surface area contributed by atoms with E-state index in [2.05, 4.69) is 0 Å². The van der Waals surface area contributed by atoms with E-state index in [1.54, 1.807) is 18.4 Å². The third-order valence-electron chi connectivity index (χ3n) is 1.75. The molecular formula is C9H11F3N+. The third kappa shape index (κ3) is 2.45. The Kier molecular flexibility index (Phi) is 2.93. The van der Waals surface area contributed by atoms with Crippen molar-refractivity contribution in [3.05, 3.63) is 35.4 Å². The lowest BCUT2D eigenvalue weighted by Crippen LogP contribution is -2.77. The van der Waals surface area contributed by atoms with Crippen molar-refractivity contribution in [1.82, 2.24) is 0 Å². The Morgan fingerprint density at radius 1 is 1.23 bits per heavy atom. The lowest BCUT2D eigenvalue weighted by Gasteiger charge is -2.10. The van der Waals surface area contributed by atoms with Gasteiger partial charge in [0.1, 0.15) is 6.54 Å². The minimum absolute atomic E-state index is 0.331. The van der Waals surface area contributed by atoms with Gasteiger partial charge >= 0.3 is 6.18 Å². The van der Waals surface area contributed by atoms with Crippen LogP contribution in [-0.2, 0) is 12.7 Å². The lowest BCUT2D eigenvalue weighted by molar-refractivity contribution is -0.643. The fourth-order valence-electron chi connectivity index (χ4n) is 1.19. The Morgan fingerprint density at radius 2 is 1.85 bits per heavy atom. The summed E-state index contributed by atoms with van der Waals surface area (Å²) in [4.78, 5) is 0. The van der Waals surface area contributed by atoms with Gasteiger partial charge in [-0.2, -0.15) is 13.2 Å². The normalized spacial score (nSPS) is 11.7. The molecule has 0 bridgehead atoms. The van der Waals surface area contributed by atoms with Crippen LogP contribution >= 0.6 is 0 Å². The van der Waals surface area contributed by atoms with E-state index in [9.17, 15) is 13.2 Å². The third-order valence-corrected chi connectivity index (χ3v) is 1.75. The molecule has 0 atom stereocenters. The van der Waals surface area contributed by atoms with Crippen LogP contribution in [-0.4, -0.2) is 7.05 Å². The number of nitrogens with two attached hydrogens (primary N) is 1. The summed E-state index contributed by atoms with van der Waals surface area (Å²) in [5, 5.41) is 1.71. The maximum atomic E-state index is 12.4. The Balaban J connectivity index is 3.05. The molecule has 0 radical (unpaired) electrons. The Labute approximate surface area is 74.6 Å². The van der Waals surface area contributed by atoms with E-state index < -0.39 is 11.7 Å². The highest BCUT2D eigenvalue weighted by molar-refractivity contribution is 5.28. The molecule has 0 heterocycles. The van der Waals surface area contributed by atoms with Gasteiger partial charge in [0, 0.05) is 5.56 Å². The van der Waals surface area contributed by atoms with Gasteiger partial charge in [-0.05, 0) is 6.07 Å². The minimum Gasteiger partial charge on any atom is -0.345 e. The monoisotopic (exact) mass is 190 g/mol. The molecular weight excluding hydrogens is 179 g/mol. The molecule has 0 aliphatic rings.